The first-order valence-electron chi connectivity index (χ1n) is 8.16. The minimum atomic E-state index is -0.107. The van der Waals surface area contributed by atoms with Gasteiger partial charge in [-0.25, -0.2) is 0 Å². The number of rotatable bonds is 3. The van der Waals surface area contributed by atoms with Crippen molar-refractivity contribution in [3.8, 4) is 0 Å². The van der Waals surface area contributed by atoms with Crippen LogP contribution in [0.5, 0.6) is 0 Å². The summed E-state index contributed by atoms with van der Waals surface area (Å²) >= 11 is 0. The van der Waals surface area contributed by atoms with Crippen molar-refractivity contribution >= 4 is 23.4 Å². The minimum absolute atomic E-state index is 0.107. The predicted octanol–water partition coefficient (Wildman–Crippen LogP) is 2.57. The Labute approximate surface area is 145 Å². The molecule has 4 rings (SSSR count). The zero-order chi connectivity index (χ0) is 17.2. The highest BCUT2D eigenvalue weighted by Crippen LogP contribution is 2.29. The van der Waals surface area contributed by atoms with Crippen LogP contribution >= 0.6 is 0 Å². The summed E-state index contributed by atoms with van der Waals surface area (Å²) in [6.07, 6.45) is 2.68. The van der Waals surface area contributed by atoms with E-state index in [1.54, 1.807) is 11.8 Å². The van der Waals surface area contributed by atoms with Crippen molar-refractivity contribution in [2.45, 2.75) is 13.3 Å². The maximum Gasteiger partial charge on any atom is 0.277 e. The molecule has 3 aromatic rings. The molecule has 0 N–H and O–H groups in total. The van der Waals surface area contributed by atoms with Crippen molar-refractivity contribution in [3.63, 3.8) is 0 Å². The molecule has 0 radical (unpaired) electrons. The summed E-state index contributed by atoms with van der Waals surface area (Å²) < 4.78 is 1.50. The maximum atomic E-state index is 13.3. The van der Waals surface area contributed by atoms with Crippen molar-refractivity contribution in [2.24, 2.45) is 0 Å². The number of benzene rings is 2. The van der Waals surface area contributed by atoms with Crippen molar-refractivity contribution < 1.29 is 4.79 Å². The molecule has 0 atom stereocenters. The van der Waals surface area contributed by atoms with Gasteiger partial charge in [0.15, 0.2) is 5.82 Å². The summed E-state index contributed by atoms with van der Waals surface area (Å²) in [7, 11) is 0. The topological polar surface area (TPSA) is 63.9 Å². The number of fused-ring (bicyclic) bond motifs is 1. The Bertz CT molecular complexity index is 945. The highest BCUT2D eigenvalue weighted by atomic mass is 16.2. The zero-order valence-electron chi connectivity index (χ0n) is 13.8. The molecule has 0 saturated carbocycles. The van der Waals surface area contributed by atoms with Crippen LogP contribution in [0.25, 0.3) is 11.8 Å². The molecule has 0 bridgehead atoms. The summed E-state index contributed by atoms with van der Waals surface area (Å²) in [6, 6.07) is 17.7. The molecule has 1 aliphatic rings. The van der Waals surface area contributed by atoms with Crippen LogP contribution < -0.4 is 4.90 Å². The molecule has 124 valence electrons. The fraction of sp³-hybridized carbons (Fsp3) is 0.158. The number of tetrazole rings is 1. The van der Waals surface area contributed by atoms with Crippen LogP contribution in [0.3, 0.4) is 0 Å². The standard InChI is InChI=1S/C19H17N5O/c1-14-20-21-22-24(14)18(13-15-7-3-2-4-8-15)19(25)23-12-11-16-9-5-6-10-17(16)23/h2-10,13H,11-12H2,1H3/b18-13+. The number of aromatic nitrogens is 4. The molecule has 0 spiro atoms. The third kappa shape index (κ3) is 2.82. The van der Waals surface area contributed by atoms with E-state index in [1.807, 2.05) is 54.6 Å². The Balaban J connectivity index is 1.78. The lowest BCUT2D eigenvalue weighted by molar-refractivity contribution is -0.113. The molecule has 6 heteroatoms. The molecule has 0 unspecified atom stereocenters. The first-order chi connectivity index (χ1) is 12.2. The van der Waals surface area contributed by atoms with E-state index in [1.165, 1.54) is 10.2 Å². The molecule has 6 nitrogen and oxygen atoms in total. The number of anilines is 1. The number of amides is 1. The van der Waals surface area contributed by atoms with E-state index in [2.05, 4.69) is 21.6 Å². The quantitative estimate of drug-likeness (QED) is 0.692. The fourth-order valence-electron chi connectivity index (χ4n) is 3.06. The number of hydrogen-bond donors (Lipinski definition) is 0. The third-order valence-corrected chi connectivity index (χ3v) is 4.31. The van der Waals surface area contributed by atoms with E-state index in [9.17, 15) is 4.79 Å². The van der Waals surface area contributed by atoms with Crippen LogP contribution in [0.4, 0.5) is 5.69 Å². The highest BCUT2D eigenvalue weighted by molar-refractivity contribution is 6.25. The van der Waals surface area contributed by atoms with Crippen LogP contribution in [-0.4, -0.2) is 32.7 Å². The van der Waals surface area contributed by atoms with Crippen molar-refractivity contribution in [1.82, 2.24) is 20.2 Å². The first kappa shape index (κ1) is 15.3. The second kappa shape index (κ2) is 6.32. The summed E-state index contributed by atoms with van der Waals surface area (Å²) in [5.74, 6) is 0.465. The van der Waals surface area contributed by atoms with Gasteiger partial charge in [0.2, 0.25) is 0 Å². The van der Waals surface area contributed by atoms with E-state index in [0.717, 1.165) is 17.7 Å². The Morgan fingerprint density at radius 3 is 2.60 bits per heavy atom. The summed E-state index contributed by atoms with van der Waals surface area (Å²) in [5.41, 5.74) is 3.50. The van der Waals surface area contributed by atoms with Crippen LogP contribution in [0.15, 0.2) is 54.6 Å². The molecular weight excluding hydrogens is 314 g/mol. The number of carbonyl (C=O) groups excluding carboxylic acids is 1. The summed E-state index contributed by atoms with van der Waals surface area (Å²) in [5, 5.41) is 11.6. The number of carbonyl (C=O) groups is 1. The van der Waals surface area contributed by atoms with Gasteiger partial charge in [-0.05, 0) is 47.0 Å². The van der Waals surface area contributed by atoms with Gasteiger partial charge in [-0.2, -0.15) is 4.68 Å². The van der Waals surface area contributed by atoms with Gasteiger partial charge in [0.05, 0.1) is 0 Å². The van der Waals surface area contributed by atoms with Crippen molar-refractivity contribution in [3.05, 3.63) is 71.5 Å². The maximum absolute atomic E-state index is 13.3. The van der Waals surface area contributed by atoms with Crippen LogP contribution in [0, 0.1) is 6.92 Å². The number of hydrogen-bond acceptors (Lipinski definition) is 4. The number of nitrogens with zero attached hydrogens (tertiary/aromatic N) is 5. The van der Waals surface area contributed by atoms with Crippen LogP contribution in [0.2, 0.25) is 0 Å². The molecular formula is C19H17N5O. The van der Waals surface area contributed by atoms with Gasteiger partial charge < -0.3 is 4.90 Å². The lowest BCUT2D eigenvalue weighted by Gasteiger charge is -2.19. The smallest absolute Gasteiger partial charge is 0.277 e. The van der Waals surface area contributed by atoms with Crippen molar-refractivity contribution in [1.29, 1.82) is 0 Å². The second-order valence-electron chi connectivity index (χ2n) is 5.91. The fourth-order valence-corrected chi connectivity index (χ4v) is 3.06. The molecule has 1 amide bonds. The number of para-hydroxylation sites is 1. The Kier molecular flexibility index (Phi) is 3.85. The van der Waals surface area contributed by atoms with Crippen molar-refractivity contribution in [2.75, 3.05) is 11.4 Å². The van der Waals surface area contributed by atoms with E-state index in [-0.39, 0.29) is 5.91 Å². The van der Waals surface area contributed by atoms with E-state index >= 15 is 0 Å². The van der Waals surface area contributed by atoms with Crippen LogP contribution in [0.1, 0.15) is 17.0 Å². The average Bonchev–Trinajstić information content (AvgIpc) is 3.26. The largest absolute Gasteiger partial charge is 0.306 e. The van der Waals surface area contributed by atoms with Gasteiger partial charge in [-0.1, -0.05) is 48.5 Å². The zero-order valence-corrected chi connectivity index (χ0v) is 13.8. The average molecular weight is 331 g/mol. The van der Waals surface area contributed by atoms with E-state index in [4.69, 9.17) is 0 Å². The molecule has 1 aromatic heterocycles. The SMILES string of the molecule is Cc1nnnn1/C(=C/c1ccccc1)C(=O)N1CCc2ccccc21. The molecule has 0 saturated heterocycles. The van der Waals surface area contributed by atoms with Gasteiger partial charge in [-0.3, -0.25) is 4.79 Å². The predicted molar refractivity (Wildman–Crippen MR) is 95.7 cm³/mol. The highest BCUT2D eigenvalue weighted by Gasteiger charge is 2.28. The summed E-state index contributed by atoms with van der Waals surface area (Å²) in [6.45, 7) is 2.44. The minimum Gasteiger partial charge on any atom is -0.306 e. The van der Waals surface area contributed by atoms with Gasteiger partial charge >= 0.3 is 0 Å². The monoisotopic (exact) mass is 331 g/mol. The number of aryl methyl sites for hydroxylation is 1. The molecule has 2 aromatic carbocycles. The van der Waals surface area contributed by atoms with Gasteiger partial charge in [0.25, 0.3) is 5.91 Å². The Hall–Kier alpha value is -3.28. The first-order valence-corrected chi connectivity index (χ1v) is 8.16. The lowest BCUT2D eigenvalue weighted by Crippen LogP contribution is -2.32. The normalized spacial score (nSPS) is 13.8. The third-order valence-electron chi connectivity index (χ3n) is 4.31. The van der Waals surface area contributed by atoms with E-state index in [0.29, 0.717) is 18.1 Å². The van der Waals surface area contributed by atoms with Gasteiger partial charge in [0.1, 0.15) is 5.70 Å². The molecule has 0 aliphatic carbocycles. The van der Waals surface area contributed by atoms with Gasteiger partial charge in [0, 0.05) is 12.2 Å². The lowest BCUT2D eigenvalue weighted by atomic mass is 10.1. The molecule has 1 aliphatic heterocycles. The van der Waals surface area contributed by atoms with Gasteiger partial charge in [-0.15, -0.1) is 5.10 Å². The summed E-state index contributed by atoms with van der Waals surface area (Å²) in [4.78, 5) is 15.1. The van der Waals surface area contributed by atoms with E-state index < -0.39 is 0 Å². The molecule has 25 heavy (non-hydrogen) atoms. The second-order valence-corrected chi connectivity index (χ2v) is 5.91. The Morgan fingerprint density at radius 2 is 1.84 bits per heavy atom. The molecule has 2 heterocycles. The molecule has 0 fully saturated rings. The Morgan fingerprint density at radius 1 is 1.08 bits per heavy atom. The van der Waals surface area contributed by atoms with Crippen LogP contribution in [-0.2, 0) is 11.2 Å².